The van der Waals surface area contributed by atoms with Crippen LogP contribution in [0.1, 0.15) is 27.6 Å². The van der Waals surface area contributed by atoms with Crippen LogP contribution in [0.5, 0.6) is 5.75 Å². The minimum Gasteiger partial charge on any atom is -0.435 e. The topological polar surface area (TPSA) is 43.4 Å². The smallest absolute Gasteiger partial charge is 0.387 e. The summed E-state index contributed by atoms with van der Waals surface area (Å²) >= 11 is 3.02. The first-order valence-electron chi connectivity index (χ1n) is 4.20. The van der Waals surface area contributed by atoms with Crippen LogP contribution in [-0.2, 0) is 0 Å². The molecule has 0 heterocycles. The molecule has 1 rings (SSSR count). The number of hydrogen-bond acceptors (Lipinski definition) is 3. The van der Waals surface area contributed by atoms with Gasteiger partial charge in [0.15, 0.2) is 12.1 Å². The minimum atomic E-state index is -2.98. The van der Waals surface area contributed by atoms with Gasteiger partial charge in [-0.3, -0.25) is 9.59 Å². The quantitative estimate of drug-likeness (QED) is 0.633. The Balaban J connectivity index is 3.26. The van der Waals surface area contributed by atoms with Crippen LogP contribution in [0.25, 0.3) is 0 Å². The van der Waals surface area contributed by atoms with E-state index in [2.05, 4.69) is 20.7 Å². The zero-order valence-electron chi connectivity index (χ0n) is 8.17. The van der Waals surface area contributed by atoms with Crippen molar-refractivity contribution < 1.29 is 23.1 Å². The second kappa shape index (κ2) is 5.16. The van der Waals surface area contributed by atoms with E-state index in [1.54, 1.807) is 0 Å². The number of aldehydes is 1. The molecule has 0 N–H and O–H groups in total. The van der Waals surface area contributed by atoms with Gasteiger partial charge in [-0.2, -0.15) is 8.78 Å². The first-order chi connectivity index (χ1) is 7.45. The minimum absolute atomic E-state index is 0.0116. The molecule has 0 aliphatic carbocycles. The van der Waals surface area contributed by atoms with Gasteiger partial charge in [0.1, 0.15) is 5.75 Å². The molecule has 0 fully saturated rings. The van der Waals surface area contributed by atoms with Crippen molar-refractivity contribution in [3.63, 3.8) is 0 Å². The number of rotatable bonds is 4. The third-order valence-electron chi connectivity index (χ3n) is 1.80. The van der Waals surface area contributed by atoms with Crippen LogP contribution < -0.4 is 4.74 Å². The van der Waals surface area contributed by atoms with E-state index in [-0.39, 0.29) is 27.1 Å². The number of carbonyl (C=O) groups is 2. The number of Topliss-reactive ketones (excluding diaryl/α,β-unsaturated/α-hetero) is 1. The number of ether oxygens (including phenoxy) is 1. The molecule has 0 radical (unpaired) electrons. The van der Waals surface area contributed by atoms with Crippen molar-refractivity contribution in [3.8, 4) is 5.75 Å². The third-order valence-corrected chi connectivity index (χ3v) is 2.42. The maximum Gasteiger partial charge on any atom is 0.387 e. The molecule has 0 aromatic heterocycles. The summed E-state index contributed by atoms with van der Waals surface area (Å²) in [5.74, 6) is -0.508. The summed E-state index contributed by atoms with van der Waals surface area (Å²) in [5, 5.41) is 0. The number of hydrogen-bond donors (Lipinski definition) is 0. The summed E-state index contributed by atoms with van der Waals surface area (Å²) in [5.41, 5.74) is 0.161. The van der Waals surface area contributed by atoms with Crippen molar-refractivity contribution in [3.05, 3.63) is 27.7 Å². The Labute approximate surface area is 98.5 Å². The lowest BCUT2D eigenvalue weighted by molar-refractivity contribution is -0.0499. The lowest BCUT2D eigenvalue weighted by Gasteiger charge is -2.09. The van der Waals surface area contributed by atoms with E-state index in [0.717, 1.165) is 6.07 Å². The lowest BCUT2D eigenvalue weighted by atomic mass is 10.1. The van der Waals surface area contributed by atoms with Crippen molar-refractivity contribution in [1.29, 1.82) is 0 Å². The fraction of sp³-hybridized carbons (Fsp3) is 0.200. The highest BCUT2D eigenvalue weighted by Gasteiger charge is 2.15. The van der Waals surface area contributed by atoms with Gasteiger partial charge in [0, 0.05) is 15.6 Å². The van der Waals surface area contributed by atoms with Gasteiger partial charge in [-0.15, -0.1) is 0 Å². The molecule has 86 valence electrons. The van der Waals surface area contributed by atoms with Crippen molar-refractivity contribution in [2.45, 2.75) is 13.5 Å². The molecular formula is C10H7BrF2O3. The third kappa shape index (κ3) is 2.85. The molecule has 0 aliphatic rings. The molecule has 0 saturated heterocycles. The maximum atomic E-state index is 12.0. The zero-order valence-corrected chi connectivity index (χ0v) is 9.75. The molecule has 3 nitrogen and oxygen atoms in total. The Kier molecular flexibility index (Phi) is 4.12. The first-order valence-corrected chi connectivity index (χ1v) is 4.99. The fourth-order valence-corrected chi connectivity index (χ4v) is 1.97. The zero-order chi connectivity index (χ0) is 12.3. The number of halogens is 3. The van der Waals surface area contributed by atoms with Crippen LogP contribution in [0.2, 0.25) is 0 Å². The standard InChI is InChI=1S/C10H7BrF2O3/c1-5(15)9-6(4-14)2-7(3-8(9)11)16-10(12)13/h2-4,10H,1H3. The largest absolute Gasteiger partial charge is 0.435 e. The first kappa shape index (κ1) is 12.8. The van der Waals surface area contributed by atoms with Crippen LogP contribution in [-0.4, -0.2) is 18.7 Å². The monoisotopic (exact) mass is 292 g/mol. The molecule has 0 amide bonds. The molecular weight excluding hydrogens is 286 g/mol. The summed E-state index contributed by atoms with van der Waals surface area (Å²) in [6.07, 6.45) is 0.416. The highest BCUT2D eigenvalue weighted by molar-refractivity contribution is 9.10. The van der Waals surface area contributed by atoms with Crippen molar-refractivity contribution in [2.24, 2.45) is 0 Å². The molecule has 0 atom stereocenters. The van der Waals surface area contributed by atoms with E-state index in [4.69, 9.17) is 0 Å². The Hall–Kier alpha value is -1.30. The number of alkyl halides is 2. The van der Waals surface area contributed by atoms with E-state index >= 15 is 0 Å². The van der Waals surface area contributed by atoms with Gasteiger partial charge in [-0.1, -0.05) is 0 Å². The molecule has 0 bridgehead atoms. The summed E-state index contributed by atoms with van der Waals surface area (Å²) in [6, 6.07) is 2.32. The Bertz CT molecular complexity index is 432. The van der Waals surface area contributed by atoms with E-state index in [9.17, 15) is 18.4 Å². The van der Waals surface area contributed by atoms with E-state index in [1.807, 2.05) is 0 Å². The molecule has 16 heavy (non-hydrogen) atoms. The highest BCUT2D eigenvalue weighted by Crippen LogP contribution is 2.27. The molecule has 1 aromatic carbocycles. The number of ketones is 1. The molecule has 6 heteroatoms. The molecule has 0 unspecified atom stereocenters. The van der Waals surface area contributed by atoms with Crippen LogP contribution in [0, 0.1) is 0 Å². The van der Waals surface area contributed by atoms with Crippen LogP contribution in [0.3, 0.4) is 0 Å². The average Bonchev–Trinajstić information content (AvgIpc) is 2.14. The second-order valence-electron chi connectivity index (χ2n) is 2.92. The summed E-state index contributed by atoms with van der Waals surface area (Å²) in [6.45, 7) is -1.70. The van der Waals surface area contributed by atoms with Gasteiger partial charge in [0.2, 0.25) is 0 Å². The Morgan fingerprint density at radius 3 is 2.56 bits per heavy atom. The molecule has 0 spiro atoms. The summed E-state index contributed by atoms with van der Waals surface area (Å²) in [4.78, 5) is 21.9. The number of benzene rings is 1. The predicted molar refractivity (Wildman–Crippen MR) is 56.2 cm³/mol. The van der Waals surface area contributed by atoms with Crippen molar-refractivity contribution >= 4 is 28.0 Å². The predicted octanol–water partition coefficient (Wildman–Crippen LogP) is 3.07. The van der Waals surface area contributed by atoms with Crippen LogP contribution in [0.15, 0.2) is 16.6 Å². The SMILES string of the molecule is CC(=O)c1c(Br)cc(OC(F)F)cc1C=O. The molecule has 0 aliphatic heterocycles. The van der Waals surface area contributed by atoms with Crippen LogP contribution >= 0.6 is 15.9 Å². The van der Waals surface area contributed by atoms with Gasteiger partial charge < -0.3 is 4.74 Å². The van der Waals surface area contributed by atoms with E-state index in [0.29, 0.717) is 6.29 Å². The fourth-order valence-electron chi connectivity index (χ4n) is 1.24. The Morgan fingerprint density at radius 2 is 2.12 bits per heavy atom. The van der Waals surface area contributed by atoms with Crippen LogP contribution in [0.4, 0.5) is 8.78 Å². The van der Waals surface area contributed by atoms with Crippen molar-refractivity contribution in [2.75, 3.05) is 0 Å². The van der Waals surface area contributed by atoms with Gasteiger partial charge in [-0.05, 0) is 35.0 Å². The normalized spacial score (nSPS) is 10.3. The number of carbonyl (C=O) groups excluding carboxylic acids is 2. The maximum absolute atomic E-state index is 12.0. The van der Waals surface area contributed by atoms with Crippen molar-refractivity contribution in [1.82, 2.24) is 0 Å². The molecule has 1 aromatic rings. The average molecular weight is 293 g/mol. The lowest BCUT2D eigenvalue weighted by Crippen LogP contribution is -2.05. The summed E-state index contributed by atoms with van der Waals surface area (Å²) in [7, 11) is 0. The van der Waals surface area contributed by atoms with E-state index in [1.165, 1.54) is 13.0 Å². The second-order valence-corrected chi connectivity index (χ2v) is 3.78. The van der Waals surface area contributed by atoms with Gasteiger partial charge in [0.05, 0.1) is 0 Å². The molecule has 0 saturated carbocycles. The summed E-state index contributed by atoms with van der Waals surface area (Å²) < 4.78 is 28.3. The van der Waals surface area contributed by atoms with Gasteiger partial charge in [-0.25, -0.2) is 0 Å². The van der Waals surface area contributed by atoms with Gasteiger partial charge >= 0.3 is 6.61 Å². The van der Waals surface area contributed by atoms with E-state index < -0.39 is 6.61 Å². The highest BCUT2D eigenvalue weighted by atomic mass is 79.9. The van der Waals surface area contributed by atoms with Gasteiger partial charge in [0.25, 0.3) is 0 Å². The Morgan fingerprint density at radius 1 is 1.50 bits per heavy atom.